The van der Waals surface area contributed by atoms with Gasteiger partial charge in [0.15, 0.2) is 11.6 Å². The van der Waals surface area contributed by atoms with E-state index in [2.05, 4.69) is 10.4 Å². The third kappa shape index (κ3) is 3.15. The van der Waals surface area contributed by atoms with Crippen molar-refractivity contribution in [3.8, 4) is 0 Å². The monoisotopic (exact) mass is 283 g/mol. The van der Waals surface area contributed by atoms with Crippen LogP contribution in [0.2, 0.25) is 0 Å². The van der Waals surface area contributed by atoms with Gasteiger partial charge in [0.25, 0.3) is 0 Å². The van der Waals surface area contributed by atoms with E-state index in [1.807, 2.05) is 13.8 Å². The summed E-state index contributed by atoms with van der Waals surface area (Å²) in [6.07, 6.45) is 0.543. The quantitative estimate of drug-likeness (QED) is 0.670. The van der Waals surface area contributed by atoms with Crippen molar-refractivity contribution >= 4 is 11.3 Å². The fourth-order valence-electron chi connectivity index (χ4n) is 1.80. The lowest BCUT2D eigenvalue weighted by atomic mass is 10.0. The second-order valence-electron chi connectivity index (χ2n) is 4.35. The molecular weight excluding hydrogens is 268 g/mol. The number of halogens is 2. The molecule has 0 aliphatic carbocycles. The van der Waals surface area contributed by atoms with E-state index >= 15 is 0 Å². The molecule has 0 saturated carbocycles. The van der Waals surface area contributed by atoms with Crippen molar-refractivity contribution in [1.29, 1.82) is 0 Å². The number of rotatable bonds is 4. The SMILES string of the molecule is Cc1nc(CC(NN)c2ccc(F)c(F)c2)sc1C. The van der Waals surface area contributed by atoms with E-state index in [1.165, 1.54) is 6.07 Å². The molecule has 0 radical (unpaired) electrons. The fraction of sp³-hybridized carbons (Fsp3) is 0.308. The molecule has 0 spiro atoms. The molecule has 1 atom stereocenters. The maximum absolute atomic E-state index is 13.2. The first-order valence-electron chi connectivity index (χ1n) is 5.85. The van der Waals surface area contributed by atoms with Crippen LogP contribution in [0.5, 0.6) is 0 Å². The number of hydrogen-bond donors (Lipinski definition) is 2. The van der Waals surface area contributed by atoms with E-state index < -0.39 is 11.6 Å². The summed E-state index contributed by atoms with van der Waals surface area (Å²) in [7, 11) is 0. The maximum Gasteiger partial charge on any atom is 0.159 e. The maximum atomic E-state index is 13.2. The van der Waals surface area contributed by atoms with Crippen LogP contribution in [0.3, 0.4) is 0 Å². The first-order valence-corrected chi connectivity index (χ1v) is 6.67. The average Bonchev–Trinajstić information content (AvgIpc) is 2.69. The molecule has 102 valence electrons. The van der Waals surface area contributed by atoms with E-state index in [0.717, 1.165) is 27.7 Å². The highest BCUT2D eigenvalue weighted by Crippen LogP contribution is 2.24. The predicted octanol–water partition coefficient (Wildman–Crippen LogP) is 2.79. The van der Waals surface area contributed by atoms with Gasteiger partial charge in [0.05, 0.1) is 16.7 Å². The lowest BCUT2D eigenvalue weighted by molar-refractivity contribution is 0.497. The Labute approximate surface area is 114 Å². The summed E-state index contributed by atoms with van der Waals surface area (Å²) in [6.45, 7) is 3.94. The van der Waals surface area contributed by atoms with Gasteiger partial charge in [-0.15, -0.1) is 11.3 Å². The topological polar surface area (TPSA) is 50.9 Å². The first kappa shape index (κ1) is 14.0. The van der Waals surface area contributed by atoms with E-state index in [4.69, 9.17) is 5.84 Å². The van der Waals surface area contributed by atoms with Crippen molar-refractivity contribution < 1.29 is 8.78 Å². The Hall–Kier alpha value is -1.37. The van der Waals surface area contributed by atoms with Gasteiger partial charge in [0.2, 0.25) is 0 Å². The summed E-state index contributed by atoms with van der Waals surface area (Å²) >= 11 is 1.59. The minimum atomic E-state index is -0.871. The predicted molar refractivity (Wildman–Crippen MR) is 71.7 cm³/mol. The summed E-state index contributed by atoms with van der Waals surface area (Å²) in [5.74, 6) is 3.76. The molecule has 3 N–H and O–H groups in total. The van der Waals surface area contributed by atoms with E-state index in [0.29, 0.717) is 12.0 Å². The van der Waals surface area contributed by atoms with Gasteiger partial charge in [0, 0.05) is 11.3 Å². The smallest absolute Gasteiger partial charge is 0.159 e. The highest BCUT2D eigenvalue weighted by molar-refractivity contribution is 7.11. The Morgan fingerprint density at radius 2 is 2.05 bits per heavy atom. The van der Waals surface area contributed by atoms with Crippen LogP contribution in [0.15, 0.2) is 18.2 Å². The van der Waals surface area contributed by atoms with Crippen LogP contribution in [0.1, 0.15) is 27.2 Å². The van der Waals surface area contributed by atoms with Crippen molar-refractivity contribution in [2.75, 3.05) is 0 Å². The lowest BCUT2D eigenvalue weighted by Gasteiger charge is -2.15. The summed E-state index contributed by atoms with van der Waals surface area (Å²) in [5.41, 5.74) is 4.21. The largest absolute Gasteiger partial charge is 0.271 e. The fourth-order valence-corrected chi connectivity index (χ4v) is 2.78. The molecule has 0 saturated heterocycles. The van der Waals surface area contributed by atoms with E-state index in [9.17, 15) is 8.78 Å². The molecule has 6 heteroatoms. The number of benzene rings is 1. The standard InChI is InChI=1S/C13H15F2N3S/c1-7-8(2)19-13(17-7)6-12(18-16)9-3-4-10(14)11(15)5-9/h3-5,12,18H,6,16H2,1-2H3. The molecule has 2 rings (SSSR count). The highest BCUT2D eigenvalue weighted by Gasteiger charge is 2.15. The number of hydrazine groups is 1. The molecule has 1 aromatic heterocycles. The van der Waals surface area contributed by atoms with Crippen molar-refractivity contribution in [2.45, 2.75) is 26.3 Å². The van der Waals surface area contributed by atoms with Gasteiger partial charge < -0.3 is 0 Å². The van der Waals surface area contributed by atoms with Gasteiger partial charge in [-0.3, -0.25) is 11.3 Å². The third-order valence-electron chi connectivity index (χ3n) is 3.00. The van der Waals surface area contributed by atoms with Crippen LogP contribution in [0.4, 0.5) is 8.78 Å². The number of nitrogens with zero attached hydrogens (tertiary/aromatic N) is 1. The molecule has 0 amide bonds. The molecule has 0 fully saturated rings. The molecule has 3 nitrogen and oxygen atoms in total. The zero-order valence-corrected chi connectivity index (χ0v) is 11.5. The molecule has 1 heterocycles. The van der Waals surface area contributed by atoms with Crippen molar-refractivity contribution in [2.24, 2.45) is 5.84 Å². The molecule has 1 unspecified atom stereocenters. The normalized spacial score (nSPS) is 12.7. The summed E-state index contributed by atoms with van der Waals surface area (Å²) in [6, 6.07) is 3.50. The first-order chi connectivity index (χ1) is 9.01. The van der Waals surface area contributed by atoms with E-state index in [-0.39, 0.29) is 6.04 Å². The molecule has 0 aliphatic heterocycles. The molecule has 19 heavy (non-hydrogen) atoms. The number of nitrogens with two attached hydrogens (primary N) is 1. The highest BCUT2D eigenvalue weighted by atomic mass is 32.1. The van der Waals surface area contributed by atoms with Crippen LogP contribution >= 0.6 is 11.3 Å². The zero-order valence-electron chi connectivity index (χ0n) is 10.7. The Morgan fingerprint density at radius 1 is 1.32 bits per heavy atom. The van der Waals surface area contributed by atoms with Gasteiger partial charge in [-0.05, 0) is 31.5 Å². The Kier molecular flexibility index (Phi) is 4.24. The molecule has 0 aliphatic rings. The van der Waals surface area contributed by atoms with E-state index in [1.54, 1.807) is 11.3 Å². The Balaban J connectivity index is 2.22. The molecular formula is C13H15F2N3S. The van der Waals surface area contributed by atoms with Crippen LogP contribution in [0, 0.1) is 25.5 Å². The second-order valence-corrected chi connectivity index (χ2v) is 5.63. The number of nitrogens with one attached hydrogen (secondary N) is 1. The van der Waals surface area contributed by atoms with Crippen molar-refractivity contribution in [3.05, 3.63) is 51.0 Å². The molecule has 2 aromatic rings. The van der Waals surface area contributed by atoms with Crippen molar-refractivity contribution in [3.63, 3.8) is 0 Å². The zero-order chi connectivity index (χ0) is 14.0. The van der Waals surface area contributed by atoms with Gasteiger partial charge >= 0.3 is 0 Å². The van der Waals surface area contributed by atoms with Crippen molar-refractivity contribution in [1.82, 2.24) is 10.4 Å². The van der Waals surface area contributed by atoms with Crippen LogP contribution in [0.25, 0.3) is 0 Å². The molecule has 0 bridgehead atoms. The number of thiazole rings is 1. The molecule has 1 aromatic carbocycles. The number of aromatic nitrogens is 1. The Morgan fingerprint density at radius 3 is 2.58 bits per heavy atom. The van der Waals surface area contributed by atoms with Crippen LogP contribution < -0.4 is 11.3 Å². The van der Waals surface area contributed by atoms with Gasteiger partial charge in [0.1, 0.15) is 0 Å². The minimum absolute atomic E-state index is 0.292. The Bertz CT molecular complexity index is 564. The summed E-state index contributed by atoms with van der Waals surface area (Å²) in [5, 5.41) is 0.919. The lowest BCUT2D eigenvalue weighted by Crippen LogP contribution is -2.29. The summed E-state index contributed by atoms with van der Waals surface area (Å²) < 4.78 is 26.1. The van der Waals surface area contributed by atoms with Crippen LogP contribution in [-0.4, -0.2) is 4.98 Å². The summed E-state index contributed by atoms with van der Waals surface area (Å²) in [4.78, 5) is 5.57. The second kappa shape index (κ2) is 5.73. The number of aryl methyl sites for hydroxylation is 2. The van der Waals surface area contributed by atoms with Gasteiger partial charge in [-0.2, -0.15) is 0 Å². The minimum Gasteiger partial charge on any atom is -0.271 e. The van der Waals surface area contributed by atoms with Gasteiger partial charge in [-0.25, -0.2) is 13.8 Å². The van der Waals surface area contributed by atoms with Crippen LogP contribution in [-0.2, 0) is 6.42 Å². The number of hydrogen-bond acceptors (Lipinski definition) is 4. The van der Waals surface area contributed by atoms with Gasteiger partial charge in [-0.1, -0.05) is 6.07 Å². The third-order valence-corrected chi connectivity index (χ3v) is 4.09. The average molecular weight is 283 g/mol.